The summed E-state index contributed by atoms with van der Waals surface area (Å²) in [7, 11) is 1.99. The number of ether oxygens (including phenoxy) is 2. The van der Waals surface area contributed by atoms with Crippen LogP contribution in [0.2, 0.25) is 0 Å². The van der Waals surface area contributed by atoms with Crippen molar-refractivity contribution in [1.82, 2.24) is 9.97 Å². The van der Waals surface area contributed by atoms with Crippen LogP contribution < -0.4 is 19.3 Å². The SMILES string of the molecule is CN1CCCN(C(=O)c2ccc3c(c2)OCCCO3)c2nc3ccccc3nc21. The van der Waals surface area contributed by atoms with E-state index in [4.69, 9.17) is 19.4 Å². The molecule has 5 rings (SSSR count). The Morgan fingerprint density at radius 3 is 2.41 bits per heavy atom. The monoisotopic (exact) mass is 390 g/mol. The zero-order chi connectivity index (χ0) is 19.8. The molecule has 0 bridgehead atoms. The molecule has 0 unspecified atom stereocenters. The van der Waals surface area contributed by atoms with Gasteiger partial charge in [0.1, 0.15) is 0 Å². The third-order valence-corrected chi connectivity index (χ3v) is 5.27. The third kappa shape index (κ3) is 3.22. The van der Waals surface area contributed by atoms with E-state index in [1.807, 2.05) is 37.4 Å². The number of rotatable bonds is 1. The van der Waals surface area contributed by atoms with Crippen LogP contribution in [0.25, 0.3) is 11.0 Å². The average Bonchev–Trinajstić information content (AvgIpc) is 3.08. The minimum absolute atomic E-state index is 0.109. The fourth-order valence-electron chi connectivity index (χ4n) is 3.75. The van der Waals surface area contributed by atoms with E-state index < -0.39 is 0 Å². The Morgan fingerprint density at radius 1 is 0.897 bits per heavy atom. The second kappa shape index (κ2) is 7.24. The highest BCUT2D eigenvalue weighted by Gasteiger charge is 2.28. The number of anilines is 2. The number of carbonyl (C=O) groups excluding carboxylic acids is 1. The molecule has 0 radical (unpaired) electrons. The van der Waals surface area contributed by atoms with Crippen molar-refractivity contribution in [1.29, 1.82) is 0 Å². The third-order valence-electron chi connectivity index (χ3n) is 5.27. The predicted octanol–water partition coefficient (Wildman–Crippen LogP) is 3.28. The number of para-hydroxylation sites is 2. The van der Waals surface area contributed by atoms with Crippen molar-refractivity contribution in [3.8, 4) is 11.5 Å². The molecule has 3 aromatic rings. The first-order valence-electron chi connectivity index (χ1n) is 9.90. The minimum atomic E-state index is -0.109. The van der Waals surface area contributed by atoms with Gasteiger partial charge in [0.25, 0.3) is 5.91 Å². The Labute approximate surface area is 168 Å². The smallest absolute Gasteiger partial charge is 0.259 e. The fraction of sp³-hybridized carbons (Fsp3) is 0.318. The van der Waals surface area contributed by atoms with Gasteiger partial charge in [-0.25, -0.2) is 9.97 Å². The fourth-order valence-corrected chi connectivity index (χ4v) is 3.75. The van der Waals surface area contributed by atoms with Gasteiger partial charge in [0, 0.05) is 32.1 Å². The zero-order valence-corrected chi connectivity index (χ0v) is 16.3. The summed E-state index contributed by atoms with van der Waals surface area (Å²) >= 11 is 0. The van der Waals surface area contributed by atoms with E-state index in [0.717, 1.165) is 36.2 Å². The summed E-state index contributed by atoms with van der Waals surface area (Å²) in [6.45, 7) is 2.59. The first kappa shape index (κ1) is 17.7. The van der Waals surface area contributed by atoms with Crippen LogP contribution in [0.5, 0.6) is 11.5 Å². The maximum absolute atomic E-state index is 13.5. The van der Waals surface area contributed by atoms with Gasteiger partial charge in [0.05, 0.1) is 24.2 Å². The van der Waals surface area contributed by atoms with Crippen LogP contribution in [0.4, 0.5) is 11.6 Å². The second-order valence-electron chi connectivity index (χ2n) is 7.30. The van der Waals surface area contributed by atoms with E-state index in [1.54, 1.807) is 17.0 Å². The van der Waals surface area contributed by atoms with Crippen LogP contribution in [0.1, 0.15) is 23.2 Å². The maximum atomic E-state index is 13.5. The normalized spacial score (nSPS) is 16.2. The Hall–Kier alpha value is -3.35. The van der Waals surface area contributed by atoms with Gasteiger partial charge in [-0.3, -0.25) is 9.69 Å². The summed E-state index contributed by atoms with van der Waals surface area (Å²) in [6.07, 6.45) is 1.66. The molecule has 0 saturated carbocycles. The molecule has 0 saturated heterocycles. The van der Waals surface area contributed by atoms with E-state index in [9.17, 15) is 4.79 Å². The zero-order valence-electron chi connectivity index (χ0n) is 16.3. The van der Waals surface area contributed by atoms with E-state index in [0.29, 0.717) is 42.6 Å². The van der Waals surface area contributed by atoms with Gasteiger partial charge in [-0.1, -0.05) is 12.1 Å². The maximum Gasteiger partial charge on any atom is 0.259 e. The summed E-state index contributed by atoms with van der Waals surface area (Å²) in [4.78, 5) is 26.9. The number of aromatic nitrogens is 2. The van der Waals surface area contributed by atoms with Crippen molar-refractivity contribution >= 4 is 28.6 Å². The minimum Gasteiger partial charge on any atom is -0.490 e. The Kier molecular flexibility index (Phi) is 4.42. The largest absolute Gasteiger partial charge is 0.490 e. The highest BCUT2D eigenvalue weighted by molar-refractivity contribution is 6.07. The standard InChI is InChI=1S/C22H22N4O3/c1-25-10-4-11-26(21-20(25)23-16-6-2-3-7-17(16)24-21)22(27)15-8-9-18-19(14-15)29-13-5-12-28-18/h2-3,6-9,14H,4-5,10-13H2,1H3. The molecule has 2 aliphatic rings. The highest BCUT2D eigenvalue weighted by Crippen LogP contribution is 2.34. The van der Waals surface area contributed by atoms with Crippen molar-refractivity contribution in [2.75, 3.05) is 43.2 Å². The molecule has 2 aliphatic heterocycles. The average molecular weight is 390 g/mol. The lowest BCUT2D eigenvalue weighted by atomic mass is 10.1. The lowest BCUT2D eigenvalue weighted by Crippen LogP contribution is -2.32. The molecule has 0 aliphatic carbocycles. The Bertz CT molecular complexity index is 1080. The number of carbonyl (C=O) groups is 1. The number of amides is 1. The number of hydrogen-bond donors (Lipinski definition) is 0. The first-order valence-corrected chi connectivity index (χ1v) is 9.90. The van der Waals surface area contributed by atoms with Crippen molar-refractivity contribution in [2.24, 2.45) is 0 Å². The number of benzene rings is 2. The van der Waals surface area contributed by atoms with Gasteiger partial charge >= 0.3 is 0 Å². The van der Waals surface area contributed by atoms with Gasteiger partial charge < -0.3 is 14.4 Å². The molecule has 0 spiro atoms. The molecule has 0 N–H and O–H groups in total. The molecule has 7 nitrogen and oxygen atoms in total. The van der Waals surface area contributed by atoms with E-state index in [1.165, 1.54) is 0 Å². The van der Waals surface area contributed by atoms with E-state index in [-0.39, 0.29) is 5.91 Å². The van der Waals surface area contributed by atoms with Gasteiger partial charge in [-0.05, 0) is 36.8 Å². The topological polar surface area (TPSA) is 67.8 Å². The van der Waals surface area contributed by atoms with Crippen LogP contribution in [-0.2, 0) is 0 Å². The molecule has 29 heavy (non-hydrogen) atoms. The van der Waals surface area contributed by atoms with Crippen molar-refractivity contribution in [3.05, 3.63) is 48.0 Å². The quantitative estimate of drug-likeness (QED) is 0.635. The lowest BCUT2D eigenvalue weighted by Gasteiger charge is -2.23. The predicted molar refractivity (Wildman–Crippen MR) is 111 cm³/mol. The summed E-state index contributed by atoms with van der Waals surface area (Å²) in [5.74, 6) is 2.51. The lowest BCUT2D eigenvalue weighted by molar-refractivity contribution is 0.0986. The van der Waals surface area contributed by atoms with Gasteiger partial charge in [0.15, 0.2) is 23.1 Å². The van der Waals surface area contributed by atoms with E-state index in [2.05, 4.69) is 4.90 Å². The molecule has 1 amide bonds. The molecular formula is C22H22N4O3. The van der Waals surface area contributed by atoms with Crippen LogP contribution >= 0.6 is 0 Å². The van der Waals surface area contributed by atoms with Crippen molar-refractivity contribution < 1.29 is 14.3 Å². The highest BCUT2D eigenvalue weighted by atomic mass is 16.5. The van der Waals surface area contributed by atoms with Crippen LogP contribution in [0.15, 0.2) is 42.5 Å². The molecular weight excluding hydrogens is 368 g/mol. The van der Waals surface area contributed by atoms with Gasteiger partial charge in [0.2, 0.25) is 0 Å². The number of fused-ring (bicyclic) bond motifs is 3. The molecule has 148 valence electrons. The molecule has 0 fully saturated rings. The van der Waals surface area contributed by atoms with Crippen LogP contribution in [-0.4, -0.2) is 49.2 Å². The van der Waals surface area contributed by atoms with Crippen LogP contribution in [0, 0.1) is 0 Å². The Balaban J connectivity index is 1.57. The van der Waals surface area contributed by atoms with Crippen molar-refractivity contribution in [3.63, 3.8) is 0 Å². The van der Waals surface area contributed by atoms with E-state index >= 15 is 0 Å². The molecule has 7 heteroatoms. The van der Waals surface area contributed by atoms with Gasteiger partial charge in [-0.15, -0.1) is 0 Å². The molecule has 3 heterocycles. The summed E-state index contributed by atoms with van der Waals surface area (Å²) in [5.41, 5.74) is 2.15. The summed E-state index contributed by atoms with van der Waals surface area (Å²) in [5, 5.41) is 0. The Morgan fingerprint density at radius 2 is 1.62 bits per heavy atom. The molecule has 2 aromatic carbocycles. The summed E-state index contributed by atoms with van der Waals surface area (Å²) in [6, 6.07) is 13.1. The van der Waals surface area contributed by atoms with Gasteiger partial charge in [-0.2, -0.15) is 0 Å². The second-order valence-corrected chi connectivity index (χ2v) is 7.30. The molecule has 0 atom stereocenters. The molecule has 1 aromatic heterocycles. The van der Waals surface area contributed by atoms with Crippen LogP contribution in [0.3, 0.4) is 0 Å². The van der Waals surface area contributed by atoms with Crippen molar-refractivity contribution in [2.45, 2.75) is 12.8 Å². The number of nitrogens with zero attached hydrogens (tertiary/aromatic N) is 4. The number of hydrogen-bond acceptors (Lipinski definition) is 6. The summed E-state index contributed by atoms with van der Waals surface area (Å²) < 4.78 is 11.5. The first-order chi connectivity index (χ1) is 14.2.